The predicted octanol–water partition coefficient (Wildman–Crippen LogP) is 3.40. The highest BCUT2D eigenvalue weighted by molar-refractivity contribution is 5.80. The lowest BCUT2D eigenvalue weighted by Gasteiger charge is -2.17. The summed E-state index contributed by atoms with van der Waals surface area (Å²) in [6.45, 7) is 6.19. The van der Waals surface area contributed by atoms with Crippen LogP contribution in [0.25, 0.3) is 0 Å². The summed E-state index contributed by atoms with van der Waals surface area (Å²) in [4.78, 5) is 12.2. The fourth-order valence-corrected chi connectivity index (χ4v) is 2.15. The molecule has 0 spiro atoms. The van der Waals surface area contributed by atoms with Gasteiger partial charge in [0.05, 0.1) is 7.11 Å². The lowest BCUT2D eigenvalue weighted by molar-refractivity contribution is -0.127. The molecule has 1 amide bonds. The summed E-state index contributed by atoms with van der Waals surface area (Å²) in [6.07, 6.45) is -0.547. The van der Waals surface area contributed by atoms with Crippen molar-refractivity contribution < 1.29 is 14.3 Å². The number of rotatable bonds is 6. The van der Waals surface area contributed by atoms with Gasteiger partial charge in [-0.05, 0) is 55.7 Å². The van der Waals surface area contributed by atoms with Gasteiger partial charge in [-0.3, -0.25) is 4.79 Å². The van der Waals surface area contributed by atoms with Crippen LogP contribution in [-0.2, 0) is 11.3 Å². The van der Waals surface area contributed by atoms with E-state index in [1.165, 1.54) is 0 Å². The molecule has 1 N–H and O–H groups in total. The number of hydrogen-bond acceptors (Lipinski definition) is 3. The van der Waals surface area contributed by atoms with Gasteiger partial charge < -0.3 is 14.8 Å². The van der Waals surface area contributed by atoms with Gasteiger partial charge in [0.2, 0.25) is 0 Å². The minimum atomic E-state index is -0.547. The van der Waals surface area contributed by atoms with E-state index in [9.17, 15) is 4.79 Å². The van der Waals surface area contributed by atoms with Gasteiger partial charge in [-0.25, -0.2) is 0 Å². The van der Waals surface area contributed by atoms with Crippen LogP contribution in [-0.4, -0.2) is 19.1 Å². The molecule has 1 atom stereocenters. The number of amides is 1. The van der Waals surface area contributed by atoms with E-state index in [1.807, 2.05) is 56.3 Å². The standard InChI is InChI=1S/C19H23NO3/c1-13-5-6-14(2)18(11-13)23-15(3)19(21)20-12-16-7-9-17(22-4)10-8-16/h5-11,15H,12H2,1-4H3,(H,20,21)/t15-/m0/s1. The zero-order chi connectivity index (χ0) is 16.8. The molecule has 4 heteroatoms. The smallest absolute Gasteiger partial charge is 0.261 e. The Balaban J connectivity index is 1.90. The Hall–Kier alpha value is -2.49. The SMILES string of the molecule is COc1ccc(CNC(=O)[C@H](C)Oc2cc(C)ccc2C)cc1. The van der Waals surface area contributed by atoms with Crippen LogP contribution in [0.15, 0.2) is 42.5 Å². The summed E-state index contributed by atoms with van der Waals surface area (Å²) < 4.78 is 10.9. The first-order chi connectivity index (χ1) is 11.0. The van der Waals surface area contributed by atoms with Crippen molar-refractivity contribution in [2.24, 2.45) is 0 Å². The average molecular weight is 313 g/mol. The Morgan fingerprint density at radius 3 is 2.48 bits per heavy atom. The van der Waals surface area contributed by atoms with Gasteiger partial charge in [-0.15, -0.1) is 0 Å². The number of hydrogen-bond donors (Lipinski definition) is 1. The summed E-state index contributed by atoms with van der Waals surface area (Å²) in [5.41, 5.74) is 3.14. The Bertz CT molecular complexity index is 665. The second-order valence-corrected chi connectivity index (χ2v) is 5.59. The highest BCUT2D eigenvalue weighted by atomic mass is 16.5. The summed E-state index contributed by atoms with van der Waals surface area (Å²) in [5.74, 6) is 1.41. The molecular weight excluding hydrogens is 290 g/mol. The summed E-state index contributed by atoms with van der Waals surface area (Å²) in [6, 6.07) is 13.6. The van der Waals surface area contributed by atoms with Crippen LogP contribution >= 0.6 is 0 Å². The molecule has 0 bridgehead atoms. The number of ether oxygens (including phenoxy) is 2. The van der Waals surface area contributed by atoms with Gasteiger partial charge in [0.15, 0.2) is 6.10 Å². The third kappa shape index (κ3) is 4.74. The average Bonchev–Trinajstić information content (AvgIpc) is 2.56. The van der Waals surface area contributed by atoms with Crippen LogP contribution in [0, 0.1) is 13.8 Å². The summed E-state index contributed by atoms with van der Waals surface area (Å²) in [5, 5.41) is 2.89. The highest BCUT2D eigenvalue weighted by Gasteiger charge is 2.15. The zero-order valence-electron chi connectivity index (χ0n) is 14.1. The lowest BCUT2D eigenvalue weighted by Crippen LogP contribution is -2.36. The number of carbonyl (C=O) groups excluding carboxylic acids is 1. The van der Waals surface area contributed by atoms with E-state index in [0.29, 0.717) is 6.54 Å². The molecule has 0 heterocycles. The van der Waals surface area contributed by atoms with Crippen LogP contribution in [0.2, 0.25) is 0 Å². The van der Waals surface area contributed by atoms with Crippen LogP contribution < -0.4 is 14.8 Å². The van der Waals surface area contributed by atoms with Crippen molar-refractivity contribution >= 4 is 5.91 Å². The van der Waals surface area contributed by atoms with Gasteiger partial charge in [-0.1, -0.05) is 24.3 Å². The van der Waals surface area contributed by atoms with E-state index in [4.69, 9.17) is 9.47 Å². The van der Waals surface area contributed by atoms with Gasteiger partial charge in [-0.2, -0.15) is 0 Å². The molecule has 4 nitrogen and oxygen atoms in total. The minimum absolute atomic E-state index is 0.137. The third-order valence-electron chi connectivity index (χ3n) is 3.64. The van der Waals surface area contributed by atoms with E-state index in [2.05, 4.69) is 5.32 Å². The van der Waals surface area contributed by atoms with Gasteiger partial charge in [0.1, 0.15) is 11.5 Å². The van der Waals surface area contributed by atoms with E-state index in [-0.39, 0.29) is 5.91 Å². The number of nitrogens with one attached hydrogen (secondary N) is 1. The molecule has 0 unspecified atom stereocenters. The van der Waals surface area contributed by atoms with E-state index in [1.54, 1.807) is 14.0 Å². The van der Waals surface area contributed by atoms with Crippen LogP contribution in [0.1, 0.15) is 23.6 Å². The maximum atomic E-state index is 12.2. The van der Waals surface area contributed by atoms with Crippen molar-refractivity contribution in [3.63, 3.8) is 0 Å². The first-order valence-electron chi connectivity index (χ1n) is 7.64. The topological polar surface area (TPSA) is 47.6 Å². The largest absolute Gasteiger partial charge is 0.497 e. The van der Waals surface area contributed by atoms with Crippen LogP contribution in [0.5, 0.6) is 11.5 Å². The molecule has 0 saturated carbocycles. The van der Waals surface area contributed by atoms with Crippen molar-refractivity contribution in [2.45, 2.75) is 33.4 Å². The molecular formula is C19H23NO3. The zero-order valence-corrected chi connectivity index (χ0v) is 14.1. The first-order valence-corrected chi connectivity index (χ1v) is 7.64. The number of methoxy groups -OCH3 is 1. The van der Waals surface area contributed by atoms with E-state index < -0.39 is 6.10 Å². The quantitative estimate of drug-likeness (QED) is 0.889. The minimum Gasteiger partial charge on any atom is -0.497 e. The summed E-state index contributed by atoms with van der Waals surface area (Å²) >= 11 is 0. The third-order valence-corrected chi connectivity index (χ3v) is 3.64. The number of aryl methyl sites for hydroxylation is 2. The lowest BCUT2D eigenvalue weighted by atomic mass is 10.1. The molecule has 0 aliphatic rings. The Morgan fingerprint density at radius 2 is 1.83 bits per heavy atom. The van der Waals surface area contributed by atoms with Gasteiger partial charge in [0, 0.05) is 6.54 Å². The molecule has 0 aliphatic heterocycles. The maximum absolute atomic E-state index is 12.2. The normalized spacial score (nSPS) is 11.7. The van der Waals surface area contributed by atoms with Gasteiger partial charge in [0.25, 0.3) is 5.91 Å². The first kappa shape index (κ1) is 16.9. The fraction of sp³-hybridized carbons (Fsp3) is 0.316. The number of benzene rings is 2. The monoisotopic (exact) mass is 313 g/mol. The van der Waals surface area contributed by atoms with Crippen molar-refractivity contribution in [1.29, 1.82) is 0 Å². The van der Waals surface area contributed by atoms with Crippen molar-refractivity contribution in [2.75, 3.05) is 7.11 Å². The molecule has 0 aromatic heterocycles. The Labute approximate surface area is 137 Å². The van der Waals surface area contributed by atoms with Crippen LogP contribution in [0.3, 0.4) is 0 Å². The Morgan fingerprint density at radius 1 is 1.13 bits per heavy atom. The molecule has 122 valence electrons. The predicted molar refractivity (Wildman–Crippen MR) is 90.8 cm³/mol. The molecule has 0 saturated heterocycles. The molecule has 2 aromatic carbocycles. The maximum Gasteiger partial charge on any atom is 0.261 e. The van der Waals surface area contributed by atoms with Crippen molar-refractivity contribution in [3.05, 3.63) is 59.2 Å². The molecule has 0 aliphatic carbocycles. The second-order valence-electron chi connectivity index (χ2n) is 5.59. The van der Waals surface area contributed by atoms with E-state index in [0.717, 1.165) is 28.2 Å². The highest BCUT2D eigenvalue weighted by Crippen LogP contribution is 2.20. The molecule has 0 radical (unpaired) electrons. The van der Waals surface area contributed by atoms with Crippen molar-refractivity contribution in [1.82, 2.24) is 5.32 Å². The second kappa shape index (κ2) is 7.68. The van der Waals surface area contributed by atoms with Crippen molar-refractivity contribution in [3.8, 4) is 11.5 Å². The Kier molecular flexibility index (Phi) is 5.63. The molecule has 2 rings (SSSR count). The molecule has 0 fully saturated rings. The van der Waals surface area contributed by atoms with Crippen LogP contribution in [0.4, 0.5) is 0 Å². The number of carbonyl (C=O) groups is 1. The molecule has 23 heavy (non-hydrogen) atoms. The van der Waals surface area contributed by atoms with Gasteiger partial charge >= 0.3 is 0 Å². The van der Waals surface area contributed by atoms with E-state index >= 15 is 0 Å². The summed E-state index contributed by atoms with van der Waals surface area (Å²) in [7, 11) is 1.63. The fourth-order valence-electron chi connectivity index (χ4n) is 2.15. The molecule has 2 aromatic rings.